The lowest BCUT2D eigenvalue weighted by Crippen LogP contribution is -2.09. The Kier molecular flexibility index (Phi) is 4.09. The highest BCUT2D eigenvalue weighted by atomic mass is 35.5. The Hall–Kier alpha value is -1.80. The Morgan fingerprint density at radius 3 is 2.52 bits per heavy atom. The lowest BCUT2D eigenvalue weighted by Gasteiger charge is -2.13. The smallest absolute Gasteiger partial charge is 0.110 e. The Balaban J connectivity index is 1.71. The predicted molar refractivity (Wildman–Crippen MR) is 95.9 cm³/mol. The van der Waals surface area contributed by atoms with Gasteiger partial charge in [0.1, 0.15) is 5.82 Å². The number of imidazole rings is 1. The Labute approximate surface area is 142 Å². The number of para-hydroxylation sites is 2. The van der Waals surface area contributed by atoms with Gasteiger partial charge in [-0.3, -0.25) is 0 Å². The van der Waals surface area contributed by atoms with Gasteiger partial charge >= 0.3 is 0 Å². The number of benzene rings is 2. The van der Waals surface area contributed by atoms with Crippen LogP contribution in [-0.2, 0) is 13.0 Å². The zero-order chi connectivity index (χ0) is 15.6. The topological polar surface area (TPSA) is 17.8 Å². The molecule has 1 aliphatic rings. The standard InChI is InChI=1S/C20H21ClN2/c21-17-11-9-16(10-12-17)14-23-19-8-4-3-7-18(19)22-20(23)13-15-5-1-2-6-15/h3-4,7-12,15H,1-2,5-6,13-14H2. The van der Waals surface area contributed by atoms with Crippen molar-refractivity contribution in [3.05, 3.63) is 64.9 Å². The number of rotatable bonds is 4. The van der Waals surface area contributed by atoms with Crippen LogP contribution in [0.25, 0.3) is 11.0 Å². The molecule has 0 radical (unpaired) electrons. The van der Waals surface area contributed by atoms with Gasteiger partial charge in [0, 0.05) is 18.0 Å². The SMILES string of the molecule is Clc1ccc(Cn2c(CC3CCCC3)nc3ccccc32)cc1. The summed E-state index contributed by atoms with van der Waals surface area (Å²) >= 11 is 6.01. The van der Waals surface area contributed by atoms with Gasteiger partial charge in [-0.25, -0.2) is 4.98 Å². The third-order valence-electron chi connectivity index (χ3n) is 4.93. The van der Waals surface area contributed by atoms with Crippen molar-refractivity contribution >= 4 is 22.6 Å². The van der Waals surface area contributed by atoms with Crippen LogP contribution in [0.2, 0.25) is 5.02 Å². The minimum atomic E-state index is 0.787. The molecule has 1 saturated carbocycles. The fraction of sp³-hybridized carbons (Fsp3) is 0.350. The highest BCUT2D eigenvalue weighted by Gasteiger charge is 2.19. The molecule has 0 unspecified atom stereocenters. The van der Waals surface area contributed by atoms with Gasteiger partial charge in [0.25, 0.3) is 0 Å². The van der Waals surface area contributed by atoms with Crippen LogP contribution >= 0.6 is 11.6 Å². The first kappa shape index (κ1) is 14.8. The molecule has 0 amide bonds. The summed E-state index contributed by atoms with van der Waals surface area (Å²) in [5, 5.41) is 0.787. The molecule has 1 fully saturated rings. The molecule has 118 valence electrons. The molecule has 0 spiro atoms. The van der Waals surface area contributed by atoms with E-state index in [-0.39, 0.29) is 0 Å². The minimum absolute atomic E-state index is 0.787. The average Bonchev–Trinajstić information content (AvgIpc) is 3.19. The van der Waals surface area contributed by atoms with Crippen molar-refractivity contribution in [3.8, 4) is 0 Å². The first-order valence-corrected chi connectivity index (χ1v) is 8.86. The number of nitrogens with zero attached hydrogens (tertiary/aromatic N) is 2. The van der Waals surface area contributed by atoms with E-state index in [0.717, 1.165) is 29.4 Å². The third kappa shape index (κ3) is 3.13. The van der Waals surface area contributed by atoms with E-state index in [4.69, 9.17) is 16.6 Å². The molecule has 0 atom stereocenters. The van der Waals surface area contributed by atoms with Crippen molar-refractivity contribution in [2.45, 2.75) is 38.6 Å². The second-order valence-electron chi connectivity index (χ2n) is 6.58. The number of hydrogen-bond acceptors (Lipinski definition) is 1. The van der Waals surface area contributed by atoms with E-state index in [1.807, 2.05) is 12.1 Å². The summed E-state index contributed by atoms with van der Waals surface area (Å²) in [6, 6.07) is 16.6. The van der Waals surface area contributed by atoms with Gasteiger partial charge in [-0.15, -0.1) is 0 Å². The second-order valence-corrected chi connectivity index (χ2v) is 7.02. The number of aromatic nitrogens is 2. The van der Waals surface area contributed by atoms with E-state index in [1.165, 1.54) is 42.6 Å². The maximum Gasteiger partial charge on any atom is 0.110 e. The Morgan fingerprint density at radius 1 is 1.00 bits per heavy atom. The summed E-state index contributed by atoms with van der Waals surface area (Å²) in [4.78, 5) is 4.93. The van der Waals surface area contributed by atoms with Crippen molar-refractivity contribution in [3.63, 3.8) is 0 Å². The molecule has 1 heterocycles. The van der Waals surface area contributed by atoms with Crippen LogP contribution in [0.3, 0.4) is 0 Å². The monoisotopic (exact) mass is 324 g/mol. The molecule has 1 aliphatic carbocycles. The summed E-state index contributed by atoms with van der Waals surface area (Å²) < 4.78 is 2.39. The summed E-state index contributed by atoms with van der Waals surface area (Å²) in [7, 11) is 0. The van der Waals surface area contributed by atoms with E-state index in [0.29, 0.717) is 0 Å². The molecule has 3 heteroatoms. The van der Waals surface area contributed by atoms with Gasteiger partial charge in [0.15, 0.2) is 0 Å². The van der Waals surface area contributed by atoms with Crippen LogP contribution in [0.5, 0.6) is 0 Å². The number of fused-ring (bicyclic) bond motifs is 1. The number of hydrogen-bond donors (Lipinski definition) is 0. The number of halogens is 1. The van der Waals surface area contributed by atoms with E-state index in [1.54, 1.807) is 0 Å². The van der Waals surface area contributed by atoms with Crippen molar-refractivity contribution < 1.29 is 0 Å². The zero-order valence-corrected chi connectivity index (χ0v) is 14.0. The fourth-order valence-corrected chi connectivity index (χ4v) is 3.83. The van der Waals surface area contributed by atoms with Crippen molar-refractivity contribution in [2.24, 2.45) is 5.92 Å². The highest BCUT2D eigenvalue weighted by molar-refractivity contribution is 6.30. The van der Waals surface area contributed by atoms with Crippen molar-refractivity contribution in [1.82, 2.24) is 9.55 Å². The van der Waals surface area contributed by atoms with Crippen LogP contribution in [0.1, 0.15) is 37.1 Å². The third-order valence-corrected chi connectivity index (χ3v) is 5.19. The van der Waals surface area contributed by atoms with Crippen LogP contribution in [0.4, 0.5) is 0 Å². The molecule has 0 aliphatic heterocycles. The van der Waals surface area contributed by atoms with E-state index in [2.05, 4.69) is 41.0 Å². The summed E-state index contributed by atoms with van der Waals surface area (Å²) in [6.07, 6.45) is 6.56. The maximum atomic E-state index is 6.01. The largest absolute Gasteiger partial charge is 0.323 e. The van der Waals surface area contributed by atoms with Gasteiger partial charge in [-0.05, 0) is 35.7 Å². The average molecular weight is 325 g/mol. The molecule has 2 aromatic carbocycles. The maximum absolute atomic E-state index is 6.01. The first-order chi connectivity index (χ1) is 11.3. The zero-order valence-electron chi connectivity index (χ0n) is 13.2. The molecular formula is C20H21ClN2. The summed E-state index contributed by atoms with van der Waals surface area (Å²) in [5.74, 6) is 2.03. The van der Waals surface area contributed by atoms with E-state index < -0.39 is 0 Å². The molecule has 3 aromatic rings. The molecule has 23 heavy (non-hydrogen) atoms. The van der Waals surface area contributed by atoms with Crippen molar-refractivity contribution in [1.29, 1.82) is 0 Å². The minimum Gasteiger partial charge on any atom is -0.323 e. The normalized spacial score (nSPS) is 15.5. The molecule has 2 nitrogen and oxygen atoms in total. The quantitative estimate of drug-likeness (QED) is 0.622. The van der Waals surface area contributed by atoms with E-state index >= 15 is 0 Å². The van der Waals surface area contributed by atoms with Crippen LogP contribution in [0, 0.1) is 5.92 Å². The van der Waals surface area contributed by atoms with Gasteiger partial charge in [-0.1, -0.05) is 61.5 Å². The van der Waals surface area contributed by atoms with Crippen LogP contribution in [-0.4, -0.2) is 9.55 Å². The molecule has 4 rings (SSSR count). The van der Waals surface area contributed by atoms with Gasteiger partial charge < -0.3 is 4.57 Å². The first-order valence-electron chi connectivity index (χ1n) is 8.48. The highest BCUT2D eigenvalue weighted by Crippen LogP contribution is 2.29. The lowest BCUT2D eigenvalue weighted by molar-refractivity contribution is 0.518. The lowest BCUT2D eigenvalue weighted by atomic mass is 10.0. The summed E-state index contributed by atoms with van der Waals surface area (Å²) in [5.41, 5.74) is 3.61. The molecule has 0 bridgehead atoms. The summed E-state index contributed by atoms with van der Waals surface area (Å²) in [6.45, 7) is 0.861. The second kappa shape index (κ2) is 6.37. The van der Waals surface area contributed by atoms with Crippen LogP contribution < -0.4 is 0 Å². The van der Waals surface area contributed by atoms with Crippen molar-refractivity contribution in [2.75, 3.05) is 0 Å². The Morgan fingerprint density at radius 2 is 1.74 bits per heavy atom. The van der Waals surface area contributed by atoms with Crippen LogP contribution in [0.15, 0.2) is 48.5 Å². The van der Waals surface area contributed by atoms with E-state index in [9.17, 15) is 0 Å². The molecule has 0 N–H and O–H groups in total. The molecule has 1 aromatic heterocycles. The Bertz CT molecular complexity index is 798. The van der Waals surface area contributed by atoms with Gasteiger partial charge in [0.05, 0.1) is 11.0 Å². The van der Waals surface area contributed by atoms with Gasteiger partial charge in [-0.2, -0.15) is 0 Å². The predicted octanol–water partition coefficient (Wildman–Crippen LogP) is 5.47. The molecule has 0 saturated heterocycles. The van der Waals surface area contributed by atoms with Gasteiger partial charge in [0.2, 0.25) is 0 Å². The molecular weight excluding hydrogens is 304 g/mol. The fourth-order valence-electron chi connectivity index (χ4n) is 3.70.